The highest BCUT2D eigenvalue weighted by molar-refractivity contribution is 5.92. The van der Waals surface area contributed by atoms with Gasteiger partial charge < -0.3 is 19.1 Å². The highest BCUT2D eigenvalue weighted by Gasteiger charge is 2.24. The van der Waals surface area contributed by atoms with Crippen LogP contribution < -0.4 is 9.47 Å². The number of esters is 1. The van der Waals surface area contributed by atoms with Gasteiger partial charge in [-0.1, -0.05) is 13.0 Å². The van der Waals surface area contributed by atoms with E-state index in [1.165, 1.54) is 14.0 Å². The van der Waals surface area contributed by atoms with Crippen LogP contribution >= 0.6 is 0 Å². The molecule has 0 bridgehead atoms. The number of nitrogens with zero attached hydrogens (tertiary/aromatic N) is 1. The smallest absolute Gasteiger partial charge is 0.308 e. The van der Waals surface area contributed by atoms with E-state index in [9.17, 15) is 9.59 Å². The number of morpholine rings is 1. The fourth-order valence-electron chi connectivity index (χ4n) is 2.57. The van der Waals surface area contributed by atoms with Crippen molar-refractivity contribution in [1.82, 2.24) is 4.90 Å². The molecule has 1 fully saturated rings. The quantitative estimate of drug-likeness (QED) is 0.470. The van der Waals surface area contributed by atoms with Crippen LogP contribution in [0.4, 0.5) is 0 Å². The molecule has 130 valence electrons. The molecular weight excluding hydrogens is 310 g/mol. The third-order valence-electron chi connectivity index (χ3n) is 3.84. The van der Waals surface area contributed by atoms with E-state index in [-0.39, 0.29) is 11.9 Å². The van der Waals surface area contributed by atoms with Gasteiger partial charge in [0.2, 0.25) is 5.91 Å². The number of amides is 1. The fourth-order valence-corrected chi connectivity index (χ4v) is 2.57. The van der Waals surface area contributed by atoms with Gasteiger partial charge in [0.25, 0.3) is 0 Å². The molecule has 2 rings (SSSR count). The zero-order valence-electron chi connectivity index (χ0n) is 14.3. The van der Waals surface area contributed by atoms with Crippen LogP contribution in [0.1, 0.15) is 25.8 Å². The Morgan fingerprint density at radius 1 is 1.38 bits per heavy atom. The summed E-state index contributed by atoms with van der Waals surface area (Å²) >= 11 is 0. The maximum atomic E-state index is 12.4. The molecule has 6 heteroatoms. The second-order valence-corrected chi connectivity index (χ2v) is 5.51. The van der Waals surface area contributed by atoms with Crippen LogP contribution in [0, 0.1) is 0 Å². The SMILES string of the molecule is CCC1COCCN1C(=O)/C=C/c1ccc(OC(C)=O)c(OC)c1. The van der Waals surface area contributed by atoms with E-state index in [4.69, 9.17) is 14.2 Å². The average Bonchev–Trinajstić information content (AvgIpc) is 2.60. The summed E-state index contributed by atoms with van der Waals surface area (Å²) in [5.41, 5.74) is 0.789. The van der Waals surface area contributed by atoms with Gasteiger partial charge in [-0.2, -0.15) is 0 Å². The first-order valence-corrected chi connectivity index (χ1v) is 7.98. The van der Waals surface area contributed by atoms with Crippen LogP contribution in [0.2, 0.25) is 0 Å². The molecule has 1 aromatic carbocycles. The third kappa shape index (κ3) is 4.58. The minimum Gasteiger partial charge on any atom is -0.493 e. The molecule has 1 amide bonds. The maximum absolute atomic E-state index is 12.4. The first-order chi connectivity index (χ1) is 11.5. The topological polar surface area (TPSA) is 65.1 Å². The van der Waals surface area contributed by atoms with Crippen LogP contribution in [-0.4, -0.2) is 49.7 Å². The lowest BCUT2D eigenvalue weighted by molar-refractivity contribution is -0.134. The summed E-state index contributed by atoms with van der Waals surface area (Å²) in [5.74, 6) is 0.350. The maximum Gasteiger partial charge on any atom is 0.308 e. The van der Waals surface area contributed by atoms with Crippen LogP contribution in [0.3, 0.4) is 0 Å². The Bertz CT molecular complexity index is 626. The summed E-state index contributed by atoms with van der Waals surface area (Å²) < 4.78 is 15.7. The number of hydrogen-bond acceptors (Lipinski definition) is 5. The fraction of sp³-hybridized carbons (Fsp3) is 0.444. The molecule has 0 spiro atoms. The van der Waals surface area contributed by atoms with Crippen LogP contribution in [0.5, 0.6) is 11.5 Å². The van der Waals surface area contributed by atoms with E-state index in [0.29, 0.717) is 31.3 Å². The molecule has 1 unspecified atom stereocenters. The molecule has 1 atom stereocenters. The molecule has 1 saturated heterocycles. The first-order valence-electron chi connectivity index (χ1n) is 7.98. The number of carbonyl (C=O) groups is 2. The van der Waals surface area contributed by atoms with Gasteiger partial charge in [-0.05, 0) is 30.2 Å². The third-order valence-corrected chi connectivity index (χ3v) is 3.84. The first kappa shape index (κ1) is 18.0. The van der Waals surface area contributed by atoms with E-state index in [2.05, 4.69) is 0 Å². The van der Waals surface area contributed by atoms with Gasteiger partial charge in [-0.15, -0.1) is 0 Å². The van der Waals surface area contributed by atoms with E-state index in [0.717, 1.165) is 12.0 Å². The monoisotopic (exact) mass is 333 g/mol. The number of hydrogen-bond donors (Lipinski definition) is 0. The molecule has 0 aliphatic carbocycles. The van der Waals surface area contributed by atoms with Crippen LogP contribution in [0.25, 0.3) is 6.08 Å². The van der Waals surface area contributed by atoms with Gasteiger partial charge in [0.15, 0.2) is 11.5 Å². The zero-order chi connectivity index (χ0) is 17.5. The predicted molar refractivity (Wildman–Crippen MR) is 89.9 cm³/mol. The molecule has 0 N–H and O–H groups in total. The molecule has 1 aliphatic heterocycles. The summed E-state index contributed by atoms with van der Waals surface area (Å²) in [5, 5.41) is 0. The lowest BCUT2D eigenvalue weighted by Gasteiger charge is -2.34. The molecule has 6 nitrogen and oxygen atoms in total. The minimum atomic E-state index is -0.412. The Hall–Kier alpha value is -2.34. The van der Waals surface area contributed by atoms with Gasteiger partial charge in [0.05, 0.1) is 26.4 Å². The van der Waals surface area contributed by atoms with Crippen molar-refractivity contribution in [2.75, 3.05) is 26.9 Å². The van der Waals surface area contributed by atoms with Gasteiger partial charge in [-0.25, -0.2) is 0 Å². The molecule has 0 saturated carbocycles. The lowest BCUT2D eigenvalue weighted by atomic mass is 10.1. The van der Waals surface area contributed by atoms with Crippen molar-refractivity contribution in [3.8, 4) is 11.5 Å². The molecule has 0 aromatic heterocycles. The van der Waals surface area contributed by atoms with E-state index < -0.39 is 5.97 Å². The molecule has 1 heterocycles. The van der Waals surface area contributed by atoms with E-state index >= 15 is 0 Å². The normalized spacial score (nSPS) is 17.8. The van der Waals surface area contributed by atoms with Crippen molar-refractivity contribution in [2.24, 2.45) is 0 Å². The molecule has 0 radical (unpaired) electrons. The lowest BCUT2D eigenvalue weighted by Crippen LogP contribution is -2.47. The number of benzene rings is 1. The number of carbonyl (C=O) groups excluding carboxylic acids is 2. The number of rotatable bonds is 5. The molecule has 1 aliphatic rings. The summed E-state index contributed by atoms with van der Waals surface area (Å²) in [6, 6.07) is 5.25. The Morgan fingerprint density at radius 3 is 2.83 bits per heavy atom. The Morgan fingerprint density at radius 2 is 2.17 bits per heavy atom. The van der Waals surface area contributed by atoms with Crippen molar-refractivity contribution in [3.63, 3.8) is 0 Å². The van der Waals surface area contributed by atoms with Gasteiger partial charge in [0, 0.05) is 19.5 Å². The van der Waals surface area contributed by atoms with Crippen molar-refractivity contribution in [3.05, 3.63) is 29.8 Å². The predicted octanol–water partition coefficient (Wildman–Crippen LogP) is 2.27. The van der Waals surface area contributed by atoms with Crippen molar-refractivity contribution in [2.45, 2.75) is 26.3 Å². The zero-order valence-corrected chi connectivity index (χ0v) is 14.3. The average molecular weight is 333 g/mol. The second kappa shape index (κ2) is 8.49. The summed E-state index contributed by atoms with van der Waals surface area (Å²) in [6.45, 7) is 5.14. The number of methoxy groups -OCH3 is 1. The molecule has 24 heavy (non-hydrogen) atoms. The second-order valence-electron chi connectivity index (χ2n) is 5.51. The number of ether oxygens (including phenoxy) is 3. The van der Waals surface area contributed by atoms with E-state index in [1.54, 1.807) is 30.4 Å². The van der Waals surface area contributed by atoms with Gasteiger partial charge in [-0.3, -0.25) is 9.59 Å². The summed E-state index contributed by atoms with van der Waals surface area (Å²) in [6.07, 6.45) is 4.14. The highest BCUT2D eigenvalue weighted by Crippen LogP contribution is 2.28. The summed E-state index contributed by atoms with van der Waals surface area (Å²) in [4.78, 5) is 25.3. The Kier molecular flexibility index (Phi) is 6.37. The highest BCUT2D eigenvalue weighted by atomic mass is 16.6. The Labute approximate surface area is 142 Å². The molecule has 1 aromatic rings. The van der Waals surface area contributed by atoms with Crippen LogP contribution in [0.15, 0.2) is 24.3 Å². The standard InChI is InChI=1S/C18H23NO5/c1-4-15-12-23-10-9-19(15)18(21)8-6-14-5-7-16(24-13(2)20)17(11-14)22-3/h5-8,11,15H,4,9-10,12H2,1-3H3/b8-6+. The van der Waals surface area contributed by atoms with Gasteiger partial charge >= 0.3 is 5.97 Å². The van der Waals surface area contributed by atoms with Crippen molar-refractivity contribution in [1.29, 1.82) is 0 Å². The largest absolute Gasteiger partial charge is 0.493 e. The van der Waals surface area contributed by atoms with E-state index in [1.807, 2.05) is 11.8 Å². The minimum absolute atomic E-state index is 0.0341. The molecular formula is C18H23NO5. The van der Waals surface area contributed by atoms with Crippen LogP contribution in [-0.2, 0) is 14.3 Å². The van der Waals surface area contributed by atoms with Gasteiger partial charge in [0.1, 0.15) is 0 Å². The summed E-state index contributed by atoms with van der Waals surface area (Å²) in [7, 11) is 1.50. The Balaban J connectivity index is 2.10. The van der Waals surface area contributed by atoms with Crippen molar-refractivity contribution < 1.29 is 23.8 Å². The van der Waals surface area contributed by atoms with Crippen molar-refractivity contribution >= 4 is 18.0 Å².